The third-order valence-electron chi connectivity index (χ3n) is 6.29. The Morgan fingerprint density at radius 1 is 1.14 bits per heavy atom. The number of nitrogens with one attached hydrogen (secondary N) is 1. The van der Waals surface area contributed by atoms with Crippen LogP contribution in [0, 0.1) is 5.82 Å². The molecule has 37 heavy (non-hydrogen) atoms. The summed E-state index contributed by atoms with van der Waals surface area (Å²) in [5.74, 6) is -0.622. The van der Waals surface area contributed by atoms with Crippen LogP contribution in [-0.2, 0) is 11.2 Å². The van der Waals surface area contributed by atoms with Crippen LogP contribution < -0.4 is 25.2 Å². The van der Waals surface area contributed by atoms with E-state index in [0.29, 0.717) is 41.2 Å². The molecule has 5 rings (SSSR count). The van der Waals surface area contributed by atoms with Gasteiger partial charge < -0.3 is 29.1 Å². The highest BCUT2D eigenvalue weighted by Crippen LogP contribution is 2.45. The van der Waals surface area contributed by atoms with E-state index in [2.05, 4.69) is 5.32 Å². The second kappa shape index (κ2) is 10.2. The highest BCUT2D eigenvalue weighted by atomic mass is 19.1. The molecule has 0 unspecified atom stereocenters. The molecule has 0 radical (unpaired) electrons. The van der Waals surface area contributed by atoms with Gasteiger partial charge in [0.25, 0.3) is 0 Å². The number of aromatic hydroxyl groups is 1. The smallest absolute Gasteiger partial charge is 0.343 e. The maximum absolute atomic E-state index is 13.2. The normalized spacial score (nSPS) is 12.9. The van der Waals surface area contributed by atoms with Crippen molar-refractivity contribution in [1.82, 2.24) is 5.32 Å². The van der Waals surface area contributed by atoms with Gasteiger partial charge in [0.15, 0.2) is 11.5 Å². The number of methoxy groups -OCH3 is 1. The second-order valence-electron chi connectivity index (χ2n) is 8.59. The highest BCUT2D eigenvalue weighted by Gasteiger charge is 2.30. The van der Waals surface area contributed by atoms with Gasteiger partial charge in [0.2, 0.25) is 18.4 Å². The van der Waals surface area contributed by atoms with Crippen LogP contribution in [0.1, 0.15) is 29.0 Å². The summed E-state index contributed by atoms with van der Waals surface area (Å²) in [7, 11) is 1.47. The molecule has 0 spiro atoms. The number of benzene rings is 3. The Balaban J connectivity index is 1.49. The molecule has 8 nitrogen and oxygen atoms in total. The minimum absolute atomic E-state index is 0.00699. The van der Waals surface area contributed by atoms with E-state index < -0.39 is 11.5 Å². The van der Waals surface area contributed by atoms with E-state index >= 15 is 0 Å². The fourth-order valence-corrected chi connectivity index (χ4v) is 4.45. The molecule has 0 saturated carbocycles. The molecular formula is C28H24FNO7. The van der Waals surface area contributed by atoms with Gasteiger partial charge >= 0.3 is 5.63 Å². The first-order chi connectivity index (χ1) is 17.9. The molecule has 1 aromatic heterocycles. The van der Waals surface area contributed by atoms with Gasteiger partial charge in [0, 0.05) is 18.9 Å². The highest BCUT2D eigenvalue weighted by molar-refractivity contribution is 5.85. The third kappa shape index (κ3) is 4.93. The maximum atomic E-state index is 13.2. The molecule has 2 heterocycles. The van der Waals surface area contributed by atoms with E-state index in [1.807, 2.05) is 0 Å². The summed E-state index contributed by atoms with van der Waals surface area (Å²) < 4.78 is 35.1. The average molecular weight is 505 g/mol. The maximum Gasteiger partial charge on any atom is 0.343 e. The summed E-state index contributed by atoms with van der Waals surface area (Å²) in [5, 5.41) is 14.3. The molecule has 9 heteroatoms. The van der Waals surface area contributed by atoms with Gasteiger partial charge in [0.1, 0.15) is 17.1 Å². The van der Waals surface area contributed by atoms with Crippen molar-refractivity contribution < 1.29 is 32.9 Å². The average Bonchev–Trinajstić information content (AvgIpc) is 3.37. The Morgan fingerprint density at radius 3 is 2.70 bits per heavy atom. The van der Waals surface area contributed by atoms with Crippen LogP contribution in [0.15, 0.2) is 69.9 Å². The molecule has 0 bridgehead atoms. The first kappa shape index (κ1) is 24.2. The van der Waals surface area contributed by atoms with E-state index in [-0.39, 0.29) is 41.8 Å². The molecule has 2 N–H and O–H groups in total. The van der Waals surface area contributed by atoms with Crippen molar-refractivity contribution in [2.75, 3.05) is 20.4 Å². The molecule has 4 aromatic rings. The Kier molecular flexibility index (Phi) is 6.68. The number of ether oxygens (including phenoxy) is 3. The lowest BCUT2D eigenvalue weighted by molar-refractivity contribution is -0.121. The summed E-state index contributed by atoms with van der Waals surface area (Å²) in [6.07, 6.45) is 0.334. The first-order valence-corrected chi connectivity index (χ1v) is 11.7. The molecule has 0 aliphatic carbocycles. The Bertz CT molecular complexity index is 1510. The lowest BCUT2D eigenvalue weighted by Gasteiger charge is -2.20. The third-order valence-corrected chi connectivity index (χ3v) is 6.29. The van der Waals surface area contributed by atoms with Crippen molar-refractivity contribution in [3.63, 3.8) is 0 Å². The number of fused-ring (bicyclic) bond motifs is 2. The van der Waals surface area contributed by atoms with Crippen LogP contribution in [0.2, 0.25) is 0 Å². The summed E-state index contributed by atoms with van der Waals surface area (Å²) in [6.45, 7) is 0.313. The zero-order valence-electron chi connectivity index (χ0n) is 20.0. The van der Waals surface area contributed by atoms with Crippen molar-refractivity contribution in [3.8, 4) is 23.0 Å². The second-order valence-corrected chi connectivity index (χ2v) is 8.59. The fraction of sp³-hybridized carbons (Fsp3) is 0.214. The van der Waals surface area contributed by atoms with Gasteiger partial charge in [0.05, 0.1) is 18.1 Å². The van der Waals surface area contributed by atoms with Crippen molar-refractivity contribution in [3.05, 3.63) is 93.6 Å². The minimum Gasteiger partial charge on any atom is -0.507 e. The molecule has 1 aliphatic heterocycles. The Hall–Kier alpha value is -4.53. The van der Waals surface area contributed by atoms with Crippen LogP contribution in [0.25, 0.3) is 11.0 Å². The van der Waals surface area contributed by atoms with Crippen LogP contribution in [0.4, 0.5) is 4.39 Å². The predicted octanol–water partition coefficient (Wildman–Crippen LogP) is 4.26. The molecule has 1 aliphatic rings. The zero-order valence-corrected chi connectivity index (χ0v) is 20.0. The molecular weight excluding hydrogens is 481 g/mol. The summed E-state index contributed by atoms with van der Waals surface area (Å²) in [6, 6.07) is 16.0. The molecule has 190 valence electrons. The molecule has 3 aromatic carbocycles. The van der Waals surface area contributed by atoms with E-state index in [0.717, 1.165) is 5.56 Å². The standard InChI is InChI=1S/C28H24FNO7/c1-34-22-12-17(13-23-27(22)36-15-35-23)20(14-24(31)30-11-10-16-6-8-18(29)9-7-16)25-26(32)19-4-2-3-5-21(19)37-28(25)33/h2-9,12-13,20,32H,10-11,14-15H2,1H3,(H,30,31)/t20-/m0/s1. The van der Waals surface area contributed by atoms with E-state index in [9.17, 15) is 19.1 Å². The van der Waals surface area contributed by atoms with Crippen molar-refractivity contribution >= 4 is 16.9 Å². The van der Waals surface area contributed by atoms with E-state index in [1.165, 1.54) is 19.2 Å². The van der Waals surface area contributed by atoms with Crippen LogP contribution in [0.3, 0.4) is 0 Å². The largest absolute Gasteiger partial charge is 0.507 e. The topological polar surface area (TPSA) is 107 Å². The number of carbonyl (C=O) groups excluding carboxylic acids is 1. The number of amides is 1. The summed E-state index contributed by atoms with van der Waals surface area (Å²) in [4.78, 5) is 26.1. The molecule has 1 amide bonds. The quantitative estimate of drug-likeness (QED) is 0.345. The number of hydrogen-bond acceptors (Lipinski definition) is 7. The fourth-order valence-electron chi connectivity index (χ4n) is 4.45. The lowest BCUT2D eigenvalue weighted by atomic mass is 9.87. The minimum atomic E-state index is -0.880. The molecule has 0 fully saturated rings. The van der Waals surface area contributed by atoms with Crippen LogP contribution >= 0.6 is 0 Å². The monoisotopic (exact) mass is 505 g/mol. The van der Waals surface area contributed by atoms with Gasteiger partial charge in [-0.25, -0.2) is 9.18 Å². The molecule has 0 saturated heterocycles. The summed E-state index contributed by atoms with van der Waals surface area (Å²) in [5.41, 5.74) is 0.809. The van der Waals surface area contributed by atoms with Gasteiger partial charge in [-0.1, -0.05) is 24.3 Å². The van der Waals surface area contributed by atoms with E-state index in [4.69, 9.17) is 18.6 Å². The van der Waals surface area contributed by atoms with Crippen LogP contribution in [-0.4, -0.2) is 31.5 Å². The first-order valence-electron chi connectivity index (χ1n) is 11.7. The van der Waals surface area contributed by atoms with Gasteiger partial charge in [-0.3, -0.25) is 4.79 Å². The predicted molar refractivity (Wildman–Crippen MR) is 133 cm³/mol. The van der Waals surface area contributed by atoms with Crippen molar-refractivity contribution in [2.24, 2.45) is 0 Å². The molecule has 1 atom stereocenters. The van der Waals surface area contributed by atoms with Gasteiger partial charge in [-0.2, -0.15) is 0 Å². The SMILES string of the molecule is COc1cc([C@H](CC(=O)NCCc2ccc(F)cc2)c2c(O)c3ccccc3oc2=O)cc2c1OCO2. The zero-order chi connectivity index (χ0) is 25.9. The van der Waals surface area contributed by atoms with Gasteiger partial charge in [-0.15, -0.1) is 0 Å². The Morgan fingerprint density at radius 2 is 1.92 bits per heavy atom. The van der Waals surface area contributed by atoms with Crippen molar-refractivity contribution in [2.45, 2.75) is 18.8 Å². The number of para-hydroxylation sites is 1. The Labute approximate surface area is 211 Å². The number of halogens is 1. The number of rotatable bonds is 8. The number of carbonyl (C=O) groups is 1. The van der Waals surface area contributed by atoms with Crippen molar-refractivity contribution in [1.29, 1.82) is 0 Å². The number of hydrogen-bond donors (Lipinski definition) is 2. The van der Waals surface area contributed by atoms with Gasteiger partial charge in [-0.05, 0) is 53.9 Å². The summed E-state index contributed by atoms with van der Waals surface area (Å²) >= 11 is 0. The lowest BCUT2D eigenvalue weighted by Crippen LogP contribution is -2.28. The van der Waals surface area contributed by atoms with E-state index in [1.54, 1.807) is 48.5 Å². The van der Waals surface area contributed by atoms with Crippen LogP contribution in [0.5, 0.6) is 23.0 Å².